The van der Waals surface area contributed by atoms with Gasteiger partial charge in [0.15, 0.2) is 5.78 Å². The van der Waals surface area contributed by atoms with Crippen LogP contribution in [0.2, 0.25) is 0 Å². The van der Waals surface area contributed by atoms with Crippen molar-refractivity contribution in [1.29, 1.82) is 0 Å². The Kier molecular flexibility index (Phi) is 2.92. The molecule has 1 aliphatic carbocycles. The zero-order valence-corrected chi connectivity index (χ0v) is 15.2. The first-order valence-corrected chi connectivity index (χ1v) is 9.89. The fraction of sp³-hybridized carbons (Fsp3) is 0.154. The van der Waals surface area contributed by atoms with Crippen LogP contribution in [0.25, 0.3) is 0 Å². The summed E-state index contributed by atoms with van der Waals surface area (Å²) in [6.07, 6.45) is 0.395. The van der Waals surface area contributed by atoms with E-state index < -0.39 is 10.0 Å². The molecule has 0 saturated carbocycles. The minimum atomic E-state index is -3.55. The molecule has 4 rings (SSSR count). The van der Waals surface area contributed by atoms with Crippen molar-refractivity contribution in [2.75, 3.05) is 4.31 Å². The molecule has 21 heavy (non-hydrogen) atoms. The van der Waals surface area contributed by atoms with Gasteiger partial charge >= 0.3 is 0 Å². The van der Waals surface area contributed by atoms with Gasteiger partial charge in [0.1, 0.15) is 4.90 Å². The quantitative estimate of drug-likeness (QED) is 0.667. The van der Waals surface area contributed by atoms with Crippen molar-refractivity contribution < 1.29 is 13.2 Å². The summed E-state index contributed by atoms with van der Waals surface area (Å²) in [5.41, 5.74) is 3.01. The second-order valence-corrected chi connectivity index (χ2v) is 10.4. The number of anilines is 1. The zero-order chi connectivity index (χ0) is 14.9. The number of hydrogen-bond donors (Lipinski definition) is 0. The molecule has 0 N–H and O–H groups in total. The topological polar surface area (TPSA) is 54.5 Å². The maximum atomic E-state index is 12.7. The molecule has 0 amide bonds. The molecule has 0 spiro atoms. The van der Waals surface area contributed by atoms with E-state index in [1.54, 1.807) is 18.2 Å². The van der Waals surface area contributed by atoms with Crippen LogP contribution in [0.1, 0.15) is 21.5 Å². The maximum Gasteiger partial charge on any atom is 0.266 e. The van der Waals surface area contributed by atoms with Crippen molar-refractivity contribution in [3.8, 4) is 0 Å². The van der Waals surface area contributed by atoms with Crippen LogP contribution in [-0.2, 0) is 23.0 Å². The Balaban J connectivity index is 1.84. The molecule has 2 aliphatic rings. The number of benzene rings is 1. The minimum absolute atomic E-state index is 0.116. The average Bonchev–Trinajstić information content (AvgIpc) is 2.84. The average molecular weight is 449 g/mol. The molecular weight excluding hydrogens is 442 g/mol. The second-order valence-electron chi connectivity index (χ2n) is 4.91. The van der Waals surface area contributed by atoms with Gasteiger partial charge in [0, 0.05) is 17.5 Å². The normalized spacial score (nSPS) is 18.4. The van der Waals surface area contributed by atoms with Gasteiger partial charge in [0.2, 0.25) is 0 Å². The van der Waals surface area contributed by atoms with Gasteiger partial charge in [0.05, 0.1) is 19.8 Å². The van der Waals surface area contributed by atoms with Gasteiger partial charge in [0.25, 0.3) is 10.0 Å². The van der Waals surface area contributed by atoms with Gasteiger partial charge in [-0.3, -0.25) is 9.10 Å². The molecule has 2 heterocycles. The fourth-order valence-corrected chi connectivity index (χ4v) is 8.36. The third-order valence-corrected chi connectivity index (χ3v) is 8.68. The Hall–Kier alpha value is -0.700. The summed E-state index contributed by atoms with van der Waals surface area (Å²) in [5.74, 6) is 0.116. The van der Waals surface area contributed by atoms with Crippen LogP contribution in [0, 0.1) is 0 Å². The first-order chi connectivity index (χ1) is 9.89. The second kappa shape index (κ2) is 4.41. The number of rotatable bonds is 1. The summed E-state index contributed by atoms with van der Waals surface area (Å²) < 4.78 is 28.3. The summed E-state index contributed by atoms with van der Waals surface area (Å²) in [4.78, 5) is 11.7. The largest absolute Gasteiger partial charge is 0.294 e. The lowest BCUT2D eigenvalue weighted by molar-refractivity contribution is 0.0968. The Morgan fingerprint density at radius 3 is 2.57 bits per heavy atom. The van der Waals surface area contributed by atoms with Crippen molar-refractivity contribution in [1.82, 2.24) is 0 Å². The molecule has 1 aromatic carbocycles. The summed E-state index contributed by atoms with van der Waals surface area (Å²) >= 11 is 8.12. The summed E-state index contributed by atoms with van der Waals surface area (Å²) in [5, 5.41) is 0. The first kappa shape index (κ1) is 13.9. The molecule has 0 atom stereocenters. The highest BCUT2D eigenvalue weighted by Gasteiger charge is 2.40. The van der Waals surface area contributed by atoms with Crippen molar-refractivity contribution in [3.05, 3.63) is 42.5 Å². The monoisotopic (exact) mass is 447 g/mol. The van der Waals surface area contributed by atoms with E-state index in [-0.39, 0.29) is 5.78 Å². The molecule has 8 heteroatoms. The van der Waals surface area contributed by atoms with E-state index in [2.05, 4.69) is 31.9 Å². The van der Waals surface area contributed by atoms with Crippen LogP contribution >= 0.6 is 43.2 Å². The van der Waals surface area contributed by atoms with E-state index in [1.165, 1.54) is 15.6 Å². The van der Waals surface area contributed by atoms with Crippen LogP contribution in [0.5, 0.6) is 0 Å². The molecule has 2 aromatic rings. The molecular formula is C13H7Br2NO3S2. The number of nitrogens with zero attached hydrogens (tertiary/aromatic N) is 1. The van der Waals surface area contributed by atoms with E-state index in [1.807, 2.05) is 0 Å². The molecule has 108 valence electrons. The van der Waals surface area contributed by atoms with Crippen LogP contribution in [-0.4, -0.2) is 14.2 Å². The number of sulfonamides is 1. The Labute approximate surface area is 142 Å². The lowest BCUT2D eigenvalue weighted by Gasteiger charge is -2.23. The number of Topliss-reactive ketones (excluding diaryl/α,β-unsaturated/α-hetero) is 1. The number of thiophene rings is 1. The summed E-state index contributed by atoms with van der Waals surface area (Å²) in [7, 11) is -3.55. The van der Waals surface area contributed by atoms with Crippen molar-refractivity contribution in [3.63, 3.8) is 0 Å². The van der Waals surface area contributed by atoms with Crippen LogP contribution in [0.3, 0.4) is 0 Å². The zero-order valence-electron chi connectivity index (χ0n) is 10.4. The van der Waals surface area contributed by atoms with E-state index in [4.69, 9.17) is 0 Å². The molecule has 0 radical (unpaired) electrons. The van der Waals surface area contributed by atoms with Crippen molar-refractivity contribution in [2.24, 2.45) is 0 Å². The highest BCUT2D eigenvalue weighted by atomic mass is 79.9. The van der Waals surface area contributed by atoms with E-state index in [0.717, 1.165) is 14.9 Å². The highest BCUT2D eigenvalue weighted by molar-refractivity contribution is 9.12. The molecule has 0 bridgehead atoms. The number of ketones is 1. The molecule has 1 aliphatic heterocycles. The SMILES string of the molecule is O=C1Cc2cc(N3Cc4c(Br)sc(Br)c4S3(=O)=O)ccc21. The smallest absolute Gasteiger partial charge is 0.266 e. The minimum Gasteiger partial charge on any atom is -0.294 e. The standard InChI is InChI=1S/C13H7Br2NO3S2/c14-12-9-5-16(21(18,19)11(9)13(15)20-12)7-1-2-8-6(3-7)4-10(8)17/h1-3H,4-5H2. The Morgan fingerprint density at radius 2 is 1.95 bits per heavy atom. The predicted molar refractivity (Wildman–Crippen MR) is 87.6 cm³/mol. The third kappa shape index (κ3) is 1.82. The molecule has 0 unspecified atom stereocenters. The summed E-state index contributed by atoms with van der Waals surface area (Å²) in [6, 6.07) is 5.21. The van der Waals surface area contributed by atoms with E-state index in [0.29, 0.717) is 32.9 Å². The van der Waals surface area contributed by atoms with Crippen LogP contribution in [0.4, 0.5) is 5.69 Å². The van der Waals surface area contributed by atoms with Gasteiger partial charge in [-0.05, 0) is 55.6 Å². The van der Waals surface area contributed by atoms with Crippen molar-refractivity contribution in [2.45, 2.75) is 17.9 Å². The third-order valence-electron chi connectivity index (χ3n) is 3.75. The lowest BCUT2D eigenvalue weighted by Crippen LogP contribution is -2.26. The number of fused-ring (bicyclic) bond motifs is 2. The molecule has 1 aromatic heterocycles. The van der Waals surface area contributed by atoms with Gasteiger partial charge in [-0.25, -0.2) is 8.42 Å². The number of carbonyl (C=O) groups excluding carboxylic acids is 1. The van der Waals surface area contributed by atoms with Gasteiger partial charge < -0.3 is 0 Å². The van der Waals surface area contributed by atoms with E-state index in [9.17, 15) is 13.2 Å². The lowest BCUT2D eigenvalue weighted by atomic mass is 9.87. The number of halogens is 2. The predicted octanol–water partition coefficient (Wildman–Crippen LogP) is 3.72. The number of hydrogen-bond acceptors (Lipinski definition) is 4. The summed E-state index contributed by atoms with van der Waals surface area (Å²) in [6.45, 7) is 0.313. The molecule has 0 saturated heterocycles. The molecule has 4 nitrogen and oxygen atoms in total. The fourth-order valence-electron chi connectivity index (χ4n) is 2.67. The molecule has 0 fully saturated rings. The van der Waals surface area contributed by atoms with E-state index >= 15 is 0 Å². The van der Waals surface area contributed by atoms with Gasteiger partial charge in [-0.15, -0.1) is 11.3 Å². The first-order valence-electron chi connectivity index (χ1n) is 6.05. The van der Waals surface area contributed by atoms with Crippen molar-refractivity contribution >= 4 is 64.7 Å². The Bertz CT molecular complexity index is 918. The number of carbonyl (C=O) groups is 1. The Morgan fingerprint density at radius 1 is 1.19 bits per heavy atom. The highest BCUT2D eigenvalue weighted by Crippen LogP contribution is 2.47. The van der Waals surface area contributed by atoms with Crippen LogP contribution < -0.4 is 4.31 Å². The van der Waals surface area contributed by atoms with Crippen LogP contribution in [0.15, 0.2) is 30.7 Å². The van der Waals surface area contributed by atoms with Gasteiger partial charge in [-0.1, -0.05) is 0 Å². The van der Waals surface area contributed by atoms with Gasteiger partial charge in [-0.2, -0.15) is 0 Å². The maximum absolute atomic E-state index is 12.7.